The molecule has 3 rings (SSSR count). The molecule has 0 aliphatic carbocycles. The van der Waals surface area contributed by atoms with Crippen LogP contribution in [-0.4, -0.2) is 20.2 Å². The second-order valence-electron chi connectivity index (χ2n) is 4.19. The first kappa shape index (κ1) is 12.4. The van der Waals surface area contributed by atoms with E-state index in [1.165, 1.54) is 0 Å². The van der Waals surface area contributed by atoms with E-state index in [2.05, 4.69) is 32.5 Å². The van der Waals surface area contributed by atoms with Crippen LogP contribution in [0.15, 0.2) is 30.5 Å². The lowest BCUT2D eigenvalue weighted by Gasteiger charge is -2.10. The molecular formula is C13H14N6O. The number of aromatic amines is 1. The van der Waals surface area contributed by atoms with Crippen molar-refractivity contribution >= 4 is 17.0 Å². The Morgan fingerprint density at radius 1 is 1.30 bits per heavy atom. The van der Waals surface area contributed by atoms with Crippen molar-refractivity contribution < 1.29 is 4.74 Å². The number of nitrogens with one attached hydrogen (secondary N) is 2. The Labute approximate surface area is 115 Å². The highest BCUT2D eigenvalue weighted by Crippen LogP contribution is 2.29. The van der Waals surface area contributed by atoms with E-state index in [9.17, 15) is 0 Å². The molecule has 0 fully saturated rings. The van der Waals surface area contributed by atoms with E-state index in [0.717, 1.165) is 17.7 Å². The van der Waals surface area contributed by atoms with Gasteiger partial charge in [0.2, 0.25) is 11.8 Å². The molecule has 2 aromatic heterocycles. The van der Waals surface area contributed by atoms with Crippen molar-refractivity contribution in [3.8, 4) is 11.6 Å². The Balaban J connectivity index is 2.07. The number of nitrogens with two attached hydrogens (primary N) is 1. The number of benzene rings is 1. The second kappa shape index (κ2) is 5.14. The van der Waals surface area contributed by atoms with Crippen LogP contribution in [-0.2, 0) is 6.42 Å². The lowest BCUT2D eigenvalue weighted by molar-refractivity contribution is 0.463. The minimum Gasteiger partial charge on any atom is -0.438 e. The summed E-state index contributed by atoms with van der Waals surface area (Å²) in [6.45, 7) is 2.07. The number of H-pyrrole nitrogens is 1. The molecule has 7 nitrogen and oxygen atoms in total. The van der Waals surface area contributed by atoms with Crippen molar-refractivity contribution in [1.29, 1.82) is 0 Å². The van der Waals surface area contributed by atoms with E-state index < -0.39 is 0 Å². The molecule has 0 aliphatic rings. The fourth-order valence-electron chi connectivity index (χ4n) is 1.95. The summed E-state index contributed by atoms with van der Waals surface area (Å²) in [5.74, 6) is 6.81. The van der Waals surface area contributed by atoms with Crippen molar-refractivity contribution in [3.63, 3.8) is 0 Å². The van der Waals surface area contributed by atoms with E-state index in [4.69, 9.17) is 10.6 Å². The van der Waals surface area contributed by atoms with Crippen molar-refractivity contribution in [3.05, 3.63) is 36.0 Å². The topological polar surface area (TPSA) is 102 Å². The Morgan fingerprint density at radius 2 is 2.15 bits per heavy atom. The first-order valence-electron chi connectivity index (χ1n) is 6.25. The molecule has 0 amide bonds. The van der Waals surface area contributed by atoms with Gasteiger partial charge in [-0.05, 0) is 18.1 Å². The largest absolute Gasteiger partial charge is 0.438 e. The van der Waals surface area contributed by atoms with E-state index >= 15 is 0 Å². The van der Waals surface area contributed by atoms with Crippen LogP contribution in [0.5, 0.6) is 11.6 Å². The van der Waals surface area contributed by atoms with Crippen molar-refractivity contribution in [1.82, 2.24) is 20.2 Å². The van der Waals surface area contributed by atoms with E-state index in [-0.39, 0.29) is 5.95 Å². The molecule has 4 N–H and O–H groups in total. The number of nitrogens with zero attached hydrogens (tertiary/aromatic N) is 3. The van der Waals surface area contributed by atoms with Crippen LogP contribution in [0.4, 0.5) is 5.95 Å². The highest BCUT2D eigenvalue weighted by Gasteiger charge is 2.12. The molecule has 0 spiro atoms. The Bertz CT molecular complexity index is 739. The Hall–Kier alpha value is -2.67. The zero-order valence-electron chi connectivity index (χ0n) is 10.9. The number of hydrazine groups is 1. The molecule has 0 aliphatic heterocycles. The maximum atomic E-state index is 5.91. The third-order valence-corrected chi connectivity index (χ3v) is 2.96. The molecule has 20 heavy (non-hydrogen) atoms. The van der Waals surface area contributed by atoms with Crippen LogP contribution >= 0.6 is 0 Å². The minimum absolute atomic E-state index is 0.269. The zero-order chi connectivity index (χ0) is 13.9. The van der Waals surface area contributed by atoms with Gasteiger partial charge in [0, 0.05) is 0 Å². The summed E-state index contributed by atoms with van der Waals surface area (Å²) < 4.78 is 5.91. The highest BCUT2D eigenvalue weighted by atomic mass is 16.5. The molecule has 0 atom stereocenters. The van der Waals surface area contributed by atoms with Gasteiger partial charge in [-0.25, -0.2) is 5.84 Å². The molecule has 2 heterocycles. The standard InChI is InChI=1S/C13H14N6O/c1-2-8-5-3-4-6-10(8)20-12-9-7-15-19-11(9)16-13(17-12)18-14/h3-7H,2,14H2,1H3,(H2,15,16,17,18,19). The smallest absolute Gasteiger partial charge is 0.242 e. The molecule has 0 bridgehead atoms. The average Bonchev–Trinajstić information content (AvgIpc) is 2.96. The van der Waals surface area contributed by atoms with Gasteiger partial charge in [-0.3, -0.25) is 10.5 Å². The van der Waals surface area contributed by atoms with Crippen LogP contribution < -0.4 is 16.0 Å². The number of para-hydroxylation sites is 1. The zero-order valence-corrected chi connectivity index (χ0v) is 10.9. The SMILES string of the molecule is CCc1ccccc1Oc1nc(NN)nc2[nH]ncc12. The Morgan fingerprint density at radius 3 is 2.95 bits per heavy atom. The molecule has 1 aromatic carbocycles. The van der Waals surface area contributed by atoms with Crippen LogP contribution in [0.1, 0.15) is 12.5 Å². The van der Waals surface area contributed by atoms with Gasteiger partial charge < -0.3 is 4.74 Å². The average molecular weight is 270 g/mol. The van der Waals surface area contributed by atoms with Crippen LogP contribution in [0, 0.1) is 0 Å². The summed E-state index contributed by atoms with van der Waals surface area (Å²) in [4.78, 5) is 8.39. The molecule has 0 radical (unpaired) electrons. The summed E-state index contributed by atoms with van der Waals surface area (Å²) in [6.07, 6.45) is 2.50. The predicted molar refractivity (Wildman–Crippen MR) is 75.4 cm³/mol. The van der Waals surface area contributed by atoms with Crippen LogP contribution in [0.25, 0.3) is 11.0 Å². The first-order chi connectivity index (χ1) is 9.81. The number of hydrogen-bond donors (Lipinski definition) is 3. The number of anilines is 1. The number of rotatable bonds is 4. The first-order valence-corrected chi connectivity index (χ1v) is 6.25. The maximum absolute atomic E-state index is 5.91. The molecule has 0 unspecified atom stereocenters. The van der Waals surface area contributed by atoms with Gasteiger partial charge in [0.1, 0.15) is 11.1 Å². The molecule has 0 saturated carbocycles. The normalized spacial score (nSPS) is 10.7. The third kappa shape index (κ3) is 2.14. The van der Waals surface area contributed by atoms with E-state index in [1.54, 1.807) is 6.20 Å². The minimum atomic E-state index is 0.269. The van der Waals surface area contributed by atoms with Gasteiger partial charge in [-0.15, -0.1) is 0 Å². The molecule has 3 aromatic rings. The fraction of sp³-hybridized carbons (Fsp3) is 0.154. The van der Waals surface area contributed by atoms with Gasteiger partial charge in [0.05, 0.1) is 6.20 Å². The summed E-state index contributed by atoms with van der Waals surface area (Å²) in [5, 5.41) is 7.42. The van der Waals surface area contributed by atoms with Crippen molar-refractivity contribution in [2.24, 2.45) is 5.84 Å². The molecule has 102 valence electrons. The van der Waals surface area contributed by atoms with Gasteiger partial charge in [0.25, 0.3) is 0 Å². The number of aryl methyl sites for hydroxylation is 1. The number of hydrogen-bond acceptors (Lipinski definition) is 6. The fourth-order valence-corrected chi connectivity index (χ4v) is 1.95. The summed E-state index contributed by atoms with van der Waals surface area (Å²) >= 11 is 0. The van der Waals surface area contributed by atoms with E-state index in [0.29, 0.717) is 16.9 Å². The third-order valence-electron chi connectivity index (χ3n) is 2.96. The summed E-state index contributed by atoms with van der Waals surface area (Å²) in [6, 6.07) is 7.82. The number of ether oxygens (including phenoxy) is 1. The van der Waals surface area contributed by atoms with Gasteiger partial charge in [0.15, 0.2) is 5.65 Å². The second-order valence-corrected chi connectivity index (χ2v) is 4.19. The lowest BCUT2D eigenvalue weighted by atomic mass is 10.1. The summed E-state index contributed by atoms with van der Waals surface area (Å²) in [5.41, 5.74) is 4.08. The van der Waals surface area contributed by atoms with Crippen LogP contribution in [0.2, 0.25) is 0 Å². The Kier molecular flexibility index (Phi) is 3.18. The number of fused-ring (bicyclic) bond motifs is 1. The molecular weight excluding hydrogens is 256 g/mol. The monoisotopic (exact) mass is 270 g/mol. The predicted octanol–water partition coefficient (Wildman–Crippen LogP) is 1.99. The van der Waals surface area contributed by atoms with Gasteiger partial charge in [-0.1, -0.05) is 25.1 Å². The highest BCUT2D eigenvalue weighted by molar-refractivity contribution is 5.80. The van der Waals surface area contributed by atoms with Gasteiger partial charge >= 0.3 is 0 Å². The van der Waals surface area contributed by atoms with Crippen LogP contribution in [0.3, 0.4) is 0 Å². The van der Waals surface area contributed by atoms with Gasteiger partial charge in [-0.2, -0.15) is 15.1 Å². The number of aromatic nitrogens is 4. The van der Waals surface area contributed by atoms with E-state index in [1.807, 2.05) is 24.3 Å². The van der Waals surface area contributed by atoms with Crippen molar-refractivity contribution in [2.75, 3.05) is 5.43 Å². The lowest BCUT2D eigenvalue weighted by Crippen LogP contribution is -2.11. The summed E-state index contributed by atoms with van der Waals surface area (Å²) in [7, 11) is 0. The quantitative estimate of drug-likeness (QED) is 0.495. The number of nitrogen functional groups attached to an aromatic ring is 1. The maximum Gasteiger partial charge on any atom is 0.242 e. The van der Waals surface area contributed by atoms with Crippen molar-refractivity contribution in [2.45, 2.75) is 13.3 Å². The molecule has 7 heteroatoms. The molecule has 0 saturated heterocycles.